The topological polar surface area (TPSA) is 56.2 Å². The third kappa shape index (κ3) is 1.61. The number of fused-ring (bicyclic) bond motifs is 1. The molecule has 0 spiro atoms. The zero-order valence-electron chi connectivity index (χ0n) is 9.36. The molecule has 15 heavy (non-hydrogen) atoms. The Labute approximate surface area is 89.1 Å². The van der Waals surface area contributed by atoms with Gasteiger partial charge in [0.2, 0.25) is 0 Å². The van der Waals surface area contributed by atoms with Crippen LogP contribution in [0.5, 0.6) is 0 Å². The summed E-state index contributed by atoms with van der Waals surface area (Å²) in [7, 11) is 0. The standard InChI is InChI=1S/C11H16N4/c1-7(2)9-4-5-11-13-8(3)10(6-12)15(11)14-9/h4-5,7H,6,12H2,1-3H3. The van der Waals surface area contributed by atoms with Crippen molar-refractivity contribution >= 4 is 5.65 Å². The van der Waals surface area contributed by atoms with Gasteiger partial charge >= 0.3 is 0 Å². The molecular weight excluding hydrogens is 188 g/mol. The quantitative estimate of drug-likeness (QED) is 0.808. The van der Waals surface area contributed by atoms with Crippen LogP contribution in [0.15, 0.2) is 12.1 Å². The summed E-state index contributed by atoms with van der Waals surface area (Å²) < 4.78 is 1.85. The number of nitrogens with two attached hydrogens (primary N) is 1. The van der Waals surface area contributed by atoms with Crippen LogP contribution in [0.1, 0.15) is 36.8 Å². The van der Waals surface area contributed by atoms with E-state index < -0.39 is 0 Å². The SMILES string of the molecule is Cc1nc2ccc(C(C)C)nn2c1CN. The third-order valence-corrected chi connectivity index (χ3v) is 2.58. The molecule has 0 fully saturated rings. The highest BCUT2D eigenvalue weighted by Crippen LogP contribution is 2.15. The number of aryl methyl sites for hydroxylation is 1. The Bertz CT molecular complexity index is 485. The summed E-state index contributed by atoms with van der Waals surface area (Å²) in [5.74, 6) is 0.419. The Morgan fingerprint density at radius 2 is 2.13 bits per heavy atom. The Hall–Kier alpha value is -1.42. The Morgan fingerprint density at radius 3 is 2.73 bits per heavy atom. The van der Waals surface area contributed by atoms with Crippen LogP contribution in [0.2, 0.25) is 0 Å². The number of aromatic nitrogens is 3. The highest BCUT2D eigenvalue weighted by Gasteiger charge is 2.09. The highest BCUT2D eigenvalue weighted by atomic mass is 15.3. The van der Waals surface area contributed by atoms with Crippen LogP contribution in [0.4, 0.5) is 0 Å². The molecule has 2 aromatic heterocycles. The lowest BCUT2D eigenvalue weighted by Gasteiger charge is -2.05. The van der Waals surface area contributed by atoms with Gasteiger partial charge in [0.1, 0.15) is 0 Å². The lowest BCUT2D eigenvalue weighted by atomic mass is 10.1. The van der Waals surface area contributed by atoms with E-state index in [4.69, 9.17) is 5.73 Å². The van der Waals surface area contributed by atoms with Gasteiger partial charge in [0.05, 0.1) is 17.1 Å². The molecule has 0 unspecified atom stereocenters. The molecule has 0 saturated carbocycles. The van der Waals surface area contributed by atoms with Crippen molar-refractivity contribution in [2.75, 3.05) is 0 Å². The van der Waals surface area contributed by atoms with E-state index in [0.29, 0.717) is 12.5 Å². The van der Waals surface area contributed by atoms with Crippen LogP contribution in [0, 0.1) is 6.92 Å². The second kappa shape index (κ2) is 3.62. The lowest BCUT2D eigenvalue weighted by molar-refractivity contribution is 0.741. The molecule has 2 aromatic rings. The van der Waals surface area contributed by atoms with Crippen molar-refractivity contribution in [3.63, 3.8) is 0 Å². The molecule has 2 heterocycles. The molecule has 0 aliphatic carbocycles. The van der Waals surface area contributed by atoms with E-state index in [1.807, 2.05) is 23.6 Å². The van der Waals surface area contributed by atoms with Crippen molar-refractivity contribution in [1.29, 1.82) is 0 Å². The van der Waals surface area contributed by atoms with Crippen LogP contribution in [-0.2, 0) is 6.54 Å². The minimum absolute atomic E-state index is 0.419. The van der Waals surface area contributed by atoms with Gasteiger partial charge in [0.25, 0.3) is 0 Å². The number of imidazole rings is 1. The van der Waals surface area contributed by atoms with Crippen LogP contribution in [0.25, 0.3) is 5.65 Å². The second-order valence-electron chi connectivity index (χ2n) is 4.03. The number of hydrogen-bond donors (Lipinski definition) is 1. The maximum absolute atomic E-state index is 5.69. The molecule has 4 heteroatoms. The molecule has 0 aliphatic heterocycles. The first-order valence-electron chi connectivity index (χ1n) is 5.18. The fraction of sp³-hybridized carbons (Fsp3) is 0.455. The monoisotopic (exact) mass is 204 g/mol. The predicted molar refractivity (Wildman–Crippen MR) is 59.7 cm³/mol. The summed E-state index contributed by atoms with van der Waals surface area (Å²) in [6.45, 7) is 6.69. The van der Waals surface area contributed by atoms with Crippen molar-refractivity contribution < 1.29 is 0 Å². The van der Waals surface area contributed by atoms with Crippen LogP contribution < -0.4 is 5.73 Å². The second-order valence-corrected chi connectivity index (χ2v) is 4.03. The van der Waals surface area contributed by atoms with Gasteiger partial charge in [-0.2, -0.15) is 5.10 Å². The molecule has 0 aliphatic rings. The van der Waals surface area contributed by atoms with Gasteiger partial charge in [-0.25, -0.2) is 9.50 Å². The van der Waals surface area contributed by atoms with Gasteiger partial charge in [-0.05, 0) is 25.0 Å². The fourth-order valence-corrected chi connectivity index (χ4v) is 1.65. The van der Waals surface area contributed by atoms with E-state index in [9.17, 15) is 0 Å². The molecule has 0 bridgehead atoms. The lowest BCUT2D eigenvalue weighted by Crippen LogP contribution is -2.07. The Balaban J connectivity index is 2.68. The van der Waals surface area contributed by atoms with Gasteiger partial charge in [-0.1, -0.05) is 13.8 Å². The van der Waals surface area contributed by atoms with Gasteiger partial charge in [0.15, 0.2) is 5.65 Å². The molecule has 4 nitrogen and oxygen atoms in total. The zero-order chi connectivity index (χ0) is 11.0. The highest BCUT2D eigenvalue weighted by molar-refractivity contribution is 5.42. The van der Waals surface area contributed by atoms with Gasteiger partial charge < -0.3 is 5.73 Å². The van der Waals surface area contributed by atoms with Gasteiger partial charge in [-0.15, -0.1) is 0 Å². The molecular formula is C11H16N4. The maximum Gasteiger partial charge on any atom is 0.154 e. The summed E-state index contributed by atoms with van der Waals surface area (Å²) in [5.41, 5.74) is 9.58. The molecule has 0 radical (unpaired) electrons. The average molecular weight is 204 g/mol. The largest absolute Gasteiger partial charge is 0.325 e. The van der Waals surface area contributed by atoms with E-state index in [1.54, 1.807) is 0 Å². The van der Waals surface area contributed by atoms with Crippen LogP contribution in [0.3, 0.4) is 0 Å². The van der Waals surface area contributed by atoms with Crippen molar-refractivity contribution in [3.8, 4) is 0 Å². The first-order chi connectivity index (χ1) is 7.13. The number of nitrogens with zero attached hydrogens (tertiary/aromatic N) is 3. The molecule has 0 amide bonds. The summed E-state index contributed by atoms with van der Waals surface area (Å²) >= 11 is 0. The van der Waals surface area contributed by atoms with E-state index in [2.05, 4.69) is 23.9 Å². The van der Waals surface area contributed by atoms with E-state index >= 15 is 0 Å². The summed E-state index contributed by atoms with van der Waals surface area (Å²) in [4.78, 5) is 4.40. The van der Waals surface area contributed by atoms with E-state index in [1.165, 1.54) is 0 Å². The van der Waals surface area contributed by atoms with Crippen LogP contribution in [-0.4, -0.2) is 14.6 Å². The molecule has 80 valence electrons. The minimum atomic E-state index is 0.419. The number of rotatable bonds is 2. The predicted octanol–water partition coefficient (Wildman–Crippen LogP) is 1.62. The third-order valence-electron chi connectivity index (χ3n) is 2.58. The zero-order valence-corrected chi connectivity index (χ0v) is 9.36. The first-order valence-corrected chi connectivity index (χ1v) is 5.18. The molecule has 0 aromatic carbocycles. The van der Waals surface area contributed by atoms with E-state index in [0.717, 1.165) is 22.7 Å². The normalized spacial score (nSPS) is 11.5. The van der Waals surface area contributed by atoms with Crippen molar-refractivity contribution in [2.45, 2.75) is 33.2 Å². The van der Waals surface area contributed by atoms with Crippen molar-refractivity contribution in [2.24, 2.45) is 5.73 Å². The van der Waals surface area contributed by atoms with Gasteiger partial charge in [0, 0.05) is 6.54 Å². The molecule has 0 atom stereocenters. The Morgan fingerprint density at radius 1 is 1.40 bits per heavy atom. The first kappa shape index (κ1) is 10.1. The molecule has 2 rings (SSSR count). The minimum Gasteiger partial charge on any atom is -0.325 e. The van der Waals surface area contributed by atoms with E-state index in [-0.39, 0.29) is 0 Å². The van der Waals surface area contributed by atoms with Gasteiger partial charge in [-0.3, -0.25) is 0 Å². The Kier molecular flexibility index (Phi) is 2.44. The fourth-order valence-electron chi connectivity index (χ4n) is 1.65. The maximum atomic E-state index is 5.69. The summed E-state index contributed by atoms with van der Waals surface area (Å²) in [6.07, 6.45) is 0. The smallest absolute Gasteiger partial charge is 0.154 e. The number of hydrogen-bond acceptors (Lipinski definition) is 3. The summed E-state index contributed by atoms with van der Waals surface area (Å²) in [5, 5.41) is 4.54. The van der Waals surface area contributed by atoms with Crippen molar-refractivity contribution in [1.82, 2.24) is 14.6 Å². The molecule has 0 saturated heterocycles. The molecule has 2 N–H and O–H groups in total. The summed E-state index contributed by atoms with van der Waals surface area (Å²) in [6, 6.07) is 4.02. The average Bonchev–Trinajstić information content (AvgIpc) is 2.51. The van der Waals surface area contributed by atoms with Crippen molar-refractivity contribution in [3.05, 3.63) is 29.2 Å². The van der Waals surface area contributed by atoms with Crippen LogP contribution >= 0.6 is 0 Å².